The van der Waals surface area contributed by atoms with E-state index in [4.69, 9.17) is 17.0 Å². The van der Waals surface area contributed by atoms with E-state index in [9.17, 15) is 4.79 Å². The smallest absolute Gasteiger partial charge is 0.281 e. The van der Waals surface area contributed by atoms with Gasteiger partial charge in [-0.05, 0) is 6.92 Å². The van der Waals surface area contributed by atoms with Gasteiger partial charge in [0.05, 0.1) is 36.9 Å². The molecule has 1 fully saturated rings. The topological polar surface area (TPSA) is 56.1 Å². The van der Waals surface area contributed by atoms with Crippen molar-refractivity contribution < 1.29 is 4.74 Å². The number of thiocarbonyl (C=S) groups is 1. The number of thioether (sulfide) groups is 1. The predicted molar refractivity (Wildman–Crippen MR) is 72.8 cm³/mol. The average molecular weight is 283 g/mol. The van der Waals surface area contributed by atoms with Crippen LogP contribution in [-0.4, -0.2) is 27.3 Å². The molecule has 96 valence electrons. The molecule has 1 atom stereocenters. The van der Waals surface area contributed by atoms with Crippen molar-refractivity contribution in [2.24, 2.45) is 5.92 Å². The van der Waals surface area contributed by atoms with Gasteiger partial charge in [-0.2, -0.15) is 5.10 Å². The third-order valence-corrected chi connectivity index (χ3v) is 4.45. The molecule has 5 nitrogen and oxygen atoms in total. The van der Waals surface area contributed by atoms with Crippen LogP contribution in [0.3, 0.4) is 0 Å². The molecule has 18 heavy (non-hydrogen) atoms. The molecule has 1 unspecified atom stereocenters. The van der Waals surface area contributed by atoms with Crippen molar-refractivity contribution in [3.8, 4) is 0 Å². The van der Waals surface area contributed by atoms with Crippen LogP contribution >= 0.6 is 24.0 Å². The Balaban J connectivity index is 1.96. The highest BCUT2D eigenvalue weighted by Crippen LogP contribution is 2.29. The van der Waals surface area contributed by atoms with Crippen molar-refractivity contribution in [3.63, 3.8) is 0 Å². The Morgan fingerprint density at radius 1 is 1.67 bits per heavy atom. The fourth-order valence-corrected chi connectivity index (χ4v) is 3.42. The van der Waals surface area contributed by atoms with E-state index in [2.05, 4.69) is 10.4 Å². The van der Waals surface area contributed by atoms with Gasteiger partial charge in [-0.25, -0.2) is 4.68 Å². The fraction of sp³-hybridized carbons (Fsp3) is 0.545. The molecule has 3 heterocycles. The molecule has 2 aliphatic heterocycles. The Kier molecular flexibility index (Phi) is 3.13. The first-order valence-corrected chi connectivity index (χ1v) is 7.03. The van der Waals surface area contributed by atoms with Crippen molar-refractivity contribution in [1.29, 1.82) is 0 Å². The average Bonchev–Trinajstić information content (AvgIpc) is 2.26. The standard InChI is InChI=1S/C11H13N3O2S2/c1-6-8-2-12-14(3-7-4-16-5-7)10(15)9(8)18-11(17)13-6/h2,6-7H,3-5H2,1H3,(H,13,17). The number of nitrogens with one attached hydrogen (secondary N) is 1. The van der Waals surface area contributed by atoms with Crippen LogP contribution in [0.1, 0.15) is 18.5 Å². The minimum atomic E-state index is -0.0416. The van der Waals surface area contributed by atoms with Crippen molar-refractivity contribution >= 4 is 28.3 Å². The summed E-state index contributed by atoms with van der Waals surface area (Å²) in [6.07, 6.45) is 1.77. The van der Waals surface area contributed by atoms with Gasteiger partial charge in [-0.1, -0.05) is 24.0 Å². The van der Waals surface area contributed by atoms with E-state index in [-0.39, 0.29) is 11.6 Å². The fourth-order valence-electron chi connectivity index (χ4n) is 2.04. The highest BCUT2D eigenvalue weighted by Gasteiger charge is 2.26. The van der Waals surface area contributed by atoms with Gasteiger partial charge >= 0.3 is 0 Å². The van der Waals surface area contributed by atoms with Gasteiger partial charge in [-0.3, -0.25) is 4.79 Å². The molecule has 1 saturated heterocycles. The maximum Gasteiger partial charge on any atom is 0.281 e. The molecule has 0 bridgehead atoms. The first-order valence-electron chi connectivity index (χ1n) is 5.81. The highest BCUT2D eigenvalue weighted by molar-refractivity contribution is 8.23. The number of fused-ring (bicyclic) bond motifs is 1. The molecule has 2 aliphatic rings. The minimum Gasteiger partial charge on any atom is -0.381 e. The highest BCUT2D eigenvalue weighted by atomic mass is 32.2. The number of rotatable bonds is 2. The van der Waals surface area contributed by atoms with E-state index in [1.807, 2.05) is 6.92 Å². The SMILES string of the molecule is CC1NC(=S)Sc2c1cnn(CC1COC1)c2=O. The summed E-state index contributed by atoms with van der Waals surface area (Å²) in [5, 5.41) is 7.37. The summed E-state index contributed by atoms with van der Waals surface area (Å²) in [5.41, 5.74) is 0.889. The monoisotopic (exact) mass is 283 g/mol. The van der Waals surface area contributed by atoms with E-state index < -0.39 is 0 Å². The molecule has 0 saturated carbocycles. The lowest BCUT2D eigenvalue weighted by atomic mass is 10.1. The molecular formula is C11H13N3O2S2. The van der Waals surface area contributed by atoms with E-state index in [0.29, 0.717) is 34.9 Å². The van der Waals surface area contributed by atoms with Crippen molar-refractivity contribution in [2.75, 3.05) is 13.2 Å². The Hall–Kier alpha value is -0.920. The molecule has 0 amide bonds. The molecule has 1 N–H and O–H groups in total. The first kappa shape index (κ1) is 12.1. The summed E-state index contributed by atoms with van der Waals surface area (Å²) in [7, 11) is 0. The second kappa shape index (κ2) is 4.64. The van der Waals surface area contributed by atoms with Crippen molar-refractivity contribution in [2.45, 2.75) is 24.4 Å². The van der Waals surface area contributed by atoms with Gasteiger partial charge in [0, 0.05) is 11.5 Å². The van der Waals surface area contributed by atoms with Gasteiger partial charge in [-0.15, -0.1) is 0 Å². The summed E-state index contributed by atoms with van der Waals surface area (Å²) in [6, 6.07) is 0.0515. The first-order chi connectivity index (χ1) is 8.65. The van der Waals surface area contributed by atoms with Gasteiger partial charge < -0.3 is 10.1 Å². The van der Waals surface area contributed by atoms with E-state index in [1.165, 1.54) is 16.4 Å². The summed E-state index contributed by atoms with van der Waals surface area (Å²) in [6.45, 7) is 4.04. The Morgan fingerprint density at radius 2 is 2.44 bits per heavy atom. The molecule has 0 aliphatic carbocycles. The third kappa shape index (κ3) is 2.06. The lowest BCUT2D eigenvalue weighted by Crippen LogP contribution is -2.39. The van der Waals surface area contributed by atoms with Gasteiger partial charge in [0.1, 0.15) is 4.32 Å². The summed E-state index contributed by atoms with van der Waals surface area (Å²) < 4.78 is 7.29. The van der Waals surface area contributed by atoms with Crippen LogP contribution in [0.2, 0.25) is 0 Å². The quantitative estimate of drug-likeness (QED) is 0.815. The lowest BCUT2D eigenvalue weighted by Gasteiger charge is -2.27. The van der Waals surface area contributed by atoms with E-state index in [1.54, 1.807) is 6.20 Å². The number of aromatic nitrogens is 2. The Labute approximate surface area is 114 Å². The van der Waals surface area contributed by atoms with Crippen LogP contribution < -0.4 is 10.9 Å². The third-order valence-electron chi connectivity index (χ3n) is 3.16. The van der Waals surface area contributed by atoms with Crippen LogP contribution in [0.5, 0.6) is 0 Å². The molecule has 0 radical (unpaired) electrons. The lowest BCUT2D eigenvalue weighted by molar-refractivity contribution is -0.0415. The van der Waals surface area contributed by atoms with Crippen LogP contribution in [-0.2, 0) is 11.3 Å². The zero-order chi connectivity index (χ0) is 12.7. The van der Waals surface area contributed by atoms with Gasteiger partial charge in [0.25, 0.3) is 5.56 Å². The predicted octanol–water partition coefficient (Wildman–Crippen LogP) is 0.931. The molecule has 0 aromatic carbocycles. The van der Waals surface area contributed by atoms with Crippen LogP contribution in [0.15, 0.2) is 15.9 Å². The molecule has 3 rings (SSSR count). The van der Waals surface area contributed by atoms with Crippen LogP contribution in [0.25, 0.3) is 0 Å². The molecular weight excluding hydrogens is 270 g/mol. The van der Waals surface area contributed by atoms with Gasteiger partial charge in [0.15, 0.2) is 0 Å². The number of hydrogen-bond donors (Lipinski definition) is 1. The van der Waals surface area contributed by atoms with Gasteiger partial charge in [0.2, 0.25) is 0 Å². The largest absolute Gasteiger partial charge is 0.381 e. The molecule has 1 aromatic heterocycles. The summed E-state index contributed by atoms with van der Waals surface area (Å²) >= 11 is 6.47. The molecule has 7 heteroatoms. The second-order valence-electron chi connectivity index (χ2n) is 4.58. The zero-order valence-corrected chi connectivity index (χ0v) is 11.5. The number of hydrogen-bond acceptors (Lipinski definition) is 5. The maximum absolute atomic E-state index is 12.3. The number of ether oxygens (including phenoxy) is 1. The Bertz CT molecular complexity index is 554. The normalized spacial score (nSPS) is 23.2. The van der Waals surface area contributed by atoms with Crippen molar-refractivity contribution in [3.05, 3.63) is 22.1 Å². The molecule has 1 aromatic rings. The maximum atomic E-state index is 12.3. The van der Waals surface area contributed by atoms with Crippen LogP contribution in [0, 0.1) is 5.92 Å². The Morgan fingerprint density at radius 3 is 3.11 bits per heavy atom. The summed E-state index contributed by atoms with van der Waals surface area (Å²) in [4.78, 5) is 13.0. The summed E-state index contributed by atoms with van der Waals surface area (Å²) in [5.74, 6) is 0.407. The molecule has 0 spiro atoms. The second-order valence-corrected chi connectivity index (χ2v) is 6.26. The van der Waals surface area contributed by atoms with E-state index >= 15 is 0 Å². The zero-order valence-electron chi connectivity index (χ0n) is 9.88. The van der Waals surface area contributed by atoms with E-state index in [0.717, 1.165) is 5.56 Å². The van der Waals surface area contributed by atoms with Crippen LogP contribution in [0.4, 0.5) is 0 Å². The van der Waals surface area contributed by atoms with Crippen molar-refractivity contribution in [1.82, 2.24) is 15.1 Å². The minimum absolute atomic E-state index is 0.0416. The number of nitrogens with zero attached hydrogens (tertiary/aromatic N) is 2.